The van der Waals surface area contributed by atoms with E-state index < -0.39 is 113 Å². The number of fused-ring (bicyclic) bond motifs is 3. The molecule has 422 valence electrons. The van der Waals surface area contributed by atoms with E-state index in [0.29, 0.717) is 63.4 Å². The highest BCUT2D eigenvalue weighted by atomic mass is 16.7. The molecule has 15 atom stereocenters. The van der Waals surface area contributed by atoms with Crippen molar-refractivity contribution in [3.05, 3.63) is 47.6 Å². The molecule has 5 rings (SSSR count). The van der Waals surface area contributed by atoms with Crippen LogP contribution in [0.4, 0.5) is 0 Å². The van der Waals surface area contributed by atoms with Crippen molar-refractivity contribution < 1.29 is 76.9 Å². The van der Waals surface area contributed by atoms with E-state index in [9.17, 15) is 39.0 Å². The number of ether oxygens (including phenoxy) is 8. The van der Waals surface area contributed by atoms with Crippen LogP contribution in [0.25, 0.3) is 0 Å². The molecule has 4 heterocycles. The van der Waals surface area contributed by atoms with Crippen LogP contribution in [0.2, 0.25) is 0 Å². The van der Waals surface area contributed by atoms with Crippen molar-refractivity contribution in [2.75, 3.05) is 41.1 Å². The average molecular weight is 1060 g/mol. The number of nitrogens with zero attached hydrogens (tertiary/aromatic N) is 1. The van der Waals surface area contributed by atoms with Gasteiger partial charge < -0.3 is 53.0 Å². The monoisotopic (exact) mass is 1060 g/mol. The second kappa shape index (κ2) is 27.1. The number of ketones is 3. The molecular weight excluding hydrogens is 967 g/mol. The predicted molar refractivity (Wildman–Crippen MR) is 278 cm³/mol. The average Bonchev–Trinajstić information content (AvgIpc) is 3.87. The van der Waals surface area contributed by atoms with Crippen LogP contribution in [0.15, 0.2) is 47.6 Å². The van der Waals surface area contributed by atoms with Crippen molar-refractivity contribution in [3.63, 3.8) is 0 Å². The van der Waals surface area contributed by atoms with Gasteiger partial charge in [-0.05, 0) is 121 Å². The Morgan fingerprint density at radius 2 is 1.53 bits per heavy atom. The fraction of sp³-hybridized carbons (Fsp3) is 0.759. The van der Waals surface area contributed by atoms with Gasteiger partial charge in [0, 0.05) is 58.5 Å². The van der Waals surface area contributed by atoms with Gasteiger partial charge in [-0.1, -0.05) is 71.1 Å². The summed E-state index contributed by atoms with van der Waals surface area (Å²) >= 11 is 0. The number of aliphatic hydroxyl groups is 2. The Morgan fingerprint density at radius 1 is 0.840 bits per heavy atom. The van der Waals surface area contributed by atoms with Crippen LogP contribution in [0.5, 0.6) is 0 Å². The van der Waals surface area contributed by atoms with E-state index >= 15 is 0 Å². The molecule has 0 spiro atoms. The molecule has 5 aliphatic rings. The molecule has 0 aromatic heterocycles. The molecule has 2 bridgehead atoms. The molecule has 1 amide bonds. The van der Waals surface area contributed by atoms with Gasteiger partial charge in [-0.2, -0.15) is 0 Å². The maximum absolute atomic E-state index is 14.5. The Hall–Kier alpha value is -3.94. The van der Waals surface area contributed by atoms with E-state index in [1.807, 2.05) is 58.1 Å². The number of carbonyl (C=O) groups is 6. The highest BCUT2D eigenvalue weighted by molar-refractivity contribution is 6.39. The summed E-state index contributed by atoms with van der Waals surface area (Å²) in [5.74, 6) is -9.63. The summed E-state index contributed by atoms with van der Waals surface area (Å²) in [4.78, 5) is 85.7. The minimum atomic E-state index is -2.45. The Labute approximate surface area is 445 Å². The summed E-state index contributed by atoms with van der Waals surface area (Å²) in [6.45, 7) is 18.3. The van der Waals surface area contributed by atoms with E-state index in [-0.39, 0.29) is 56.0 Å². The van der Waals surface area contributed by atoms with E-state index in [2.05, 4.69) is 0 Å². The highest BCUT2D eigenvalue weighted by Crippen LogP contribution is 2.39. The van der Waals surface area contributed by atoms with Crippen LogP contribution < -0.4 is 0 Å². The van der Waals surface area contributed by atoms with Gasteiger partial charge in [-0.15, -0.1) is 0 Å². The third-order valence-corrected chi connectivity index (χ3v) is 16.4. The number of esters is 2. The lowest BCUT2D eigenvalue weighted by Gasteiger charge is -2.42. The second-order valence-corrected chi connectivity index (χ2v) is 23.2. The minimum absolute atomic E-state index is 0.00107. The molecule has 17 nitrogen and oxygen atoms in total. The van der Waals surface area contributed by atoms with Gasteiger partial charge in [0.05, 0.1) is 31.5 Å². The SMILES string of the molecule is CO[C@H]1C[C@@H]2CC[C@@H](C)[C@@](O)(O2)C(=O)C(=O)N2CCC[C@H]2C(=O)O[C@H]([C@H](C)C[C@@H]2CC[C@@H](OC(=O)C3(C)COC(C)(C)OC3)[C@H](OC)C2)CC(=O)[C@H](C)/C=C(\C)[C@@H](O)[C@@H](OC)C(=O)[C@H](C)C[C@H](C)/C=C/C=C/C=C/1C. The van der Waals surface area contributed by atoms with Gasteiger partial charge >= 0.3 is 11.9 Å². The highest BCUT2D eigenvalue weighted by Gasteiger charge is 2.54. The number of cyclic esters (lactones) is 1. The van der Waals surface area contributed by atoms with Crippen LogP contribution in [0, 0.1) is 40.9 Å². The van der Waals surface area contributed by atoms with Gasteiger partial charge in [0.15, 0.2) is 11.6 Å². The van der Waals surface area contributed by atoms with Gasteiger partial charge in [-0.3, -0.25) is 24.0 Å². The van der Waals surface area contributed by atoms with Gasteiger partial charge in [-0.25, -0.2) is 4.79 Å². The minimum Gasteiger partial charge on any atom is -0.460 e. The third kappa shape index (κ3) is 15.9. The lowest BCUT2D eigenvalue weighted by molar-refractivity contribution is -0.283. The summed E-state index contributed by atoms with van der Waals surface area (Å²) in [5.41, 5.74) is 0.242. The Balaban J connectivity index is 1.41. The first-order valence-electron chi connectivity index (χ1n) is 27.3. The number of Topliss-reactive ketones (excluding diaryl/α,β-unsaturated/α-hetero) is 3. The first-order chi connectivity index (χ1) is 35.3. The first-order valence-corrected chi connectivity index (χ1v) is 27.3. The smallest absolute Gasteiger partial charge is 0.329 e. The number of aliphatic hydroxyl groups excluding tert-OH is 1. The third-order valence-electron chi connectivity index (χ3n) is 16.4. The van der Waals surface area contributed by atoms with Gasteiger partial charge in [0.1, 0.15) is 41.7 Å². The molecule has 1 saturated carbocycles. The molecule has 1 aliphatic carbocycles. The molecule has 3 saturated heterocycles. The van der Waals surface area contributed by atoms with Crippen molar-refractivity contribution in [3.8, 4) is 0 Å². The molecule has 0 unspecified atom stereocenters. The van der Waals surface area contributed by atoms with Crippen LogP contribution in [0.3, 0.4) is 0 Å². The quantitative estimate of drug-likeness (QED) is 0.140. The Morgan fingerprint density at radius 3 is 2.19 bits per heavy atom. The largest absolute Gasteiger partial charge is 0.460 e. The van der Waals surface area contributed by atoms with Crippen molar-refractivity contribution in [2.45, 2.75) is 200 Å². The predicted octanol–water partition coefficient (Wildman–Crippen LogP) is 7.13. The number of carbonyl (C=O) groups excluding carboxylic acids is 6. The summed E-state index contributed by atoms with van der Waals surface area (Å²) in [7, 11) is 4.51. The summed E-state index contributed by atoms with van der Waals surface area (Å²) in [5, 5.41) is 23.5. The number of rotatable bonds is 8. The fourth-order valence-corrected chi connectivity index (χ4v) is 11.2. The van der Waals surface area contributed by atoms with Crippen molar-refractivity contribution in [2.24, 2.45) is 40.9 Å². The summed E-state index contributed by atoms with van der Waals surface area (Å²) in [6, 6.07) is -1.17. The molecule has 0 aromatic carbocycles. The lowest BCUT2D eigenvalue weighted by Crippen LogP contribution is -2.59. The van der Waals surface area contributed by atoms with Gasteiger partial charge in [0.25, 0.3) is 11.7 Å². The van der Waals surface area contributed by atoms with E-state index in [0.717, 1.165) is 10.5 Å². The topological polar surface area (TPSA) is 220 Å². The molecule has 4 fully saturated rings. The van der Waals surface area contributed by atoms with Gasteiger partial charge in [0.2, 0.25) is 5.79 Å². The normalized spacial score (nSPS) is 39.0. The van der Waals surface area contributed by atoms with Crippen LogP contribution in [-0.2, 0) is 66.7 Å². The molecule has 17 heteroatoms. The maximum atomic E-state index is 14.5. The number of hydrogen-bond acceptors (Lipinski definition) is 16. The number of hydrogen-bond donors (Lipinski definition) is 2. The fourth-order valence-electron chi connectivity index (χ4n) is 11.2. The summed E-state index contributed by atoms with van der Waals surface area (Å²) in [6.07, 6.45) is 9.81. The van der Waals surface area contributed by atoms with Crippen LogP contribution in [-0.4, -0.2) is 152 Å². The van der Waals surface area contributed by atoms with E-state index in [1.165, 1.54) is 7.11 Å². The lowest BCUT2D eigenvalue weighted by atomic mass is 9.78. The molecule has 4 aliphatic heterocycles. The van der Waals surface area contributed by atoms with Crippen molar-refractivity contribution >= 4 is 35.2 Å². The Bertz CT molecular complexity index is 2120. The zero-order valence-electron chi connectivity index (χ0n) is 47.0. The van der Waals surface area contributed by atoms with E-state index in [1.54, 1.807) is 61.8 Å². The maximum Gasteiger partial charge on any atom is 0.329 e. The van der Waals surface area contributed by atoms with E-state index in [4.69, 9.17) is 37.9 Å². The van der Waals surface area contributed by atoms with Crippen LogP contribution in [0.1, 0.15) is 140 Å². The zero-order valence-corrected chi connectivity index (χ0v) is 47.0. The molecular formula is C58H89NO16. The van der Waals surface area contributed by atoms with Crippen molar-refractivity contribution in [1.29, 1.82) is 0 Å². The standard InChI is InChI=1S/C58H89NO16/c1-34-18-15-14-16-19-35(2)46(68-11)30-42-23-21-40(7)58(67,75-42)52(63)53(64)59-25-17-20-43(59)54(65)73-47(31-44(60)36(3)27-39(6)50(62)51(70-13)49(61)38(5)26-34)37(4)28-41-22-24-45(48(29-41)69-12)74-55(66)57(10)32-71-56(8,9)72-33-57/h14-16,18-19,27,34,36-38,40-43,45-48,50-51,62,67H,17,20-26,28-33H2,1-13H3/b16-14+,18-15+,35-19+,39-27+/t34-,36-,37-,38-,40-,41+,42+,43+,45-,46+,47+,48-,50-,51+,58-/m1/s1. The number of allylic oxidation sites excluding steroid dienone is 6. The number of amides is 1. The first kappa shape index (κ1) is 61.9. The van der Waals surface area contributed by atoms with Crippen LogP contribution >= 0.6 is 0 Å². The molecule has 0 aromatic rings. The van der Waals surface area contributed by atoms with Crippen molar-refractivity contribution in [1.82, 2.24) is 4.90 Å². The zero-order chi connectivity index (χ0) is 55.6. The molecule has 75 heavy (non-hydrogen) atoms. The molecule has 0 radical (unpaired) electrons. The second-order valence-electron chi connectivity index (χ2n) is 23.2. The Kier molecular flexibility index (Phi) is 22.4. The summed E-state index contributed by atoms with van der Waals surface area (Å²) < 4.78 is 47.5. The number of methoxy groups -OCH3 is 3. The molecule has 2 N–H and O–H groups in total.